The molecule has 1 aliphatic rings. The summed E-state index contributed by atoms with van der Waals surface area (Å²) in [7, 11) is 0. The average molecular weight is 371 g/mol. The monoisotopic (exact) mass is 369 g/mol. The Bertz CT molecular complexity index is 624. The Balaban J connectivity index is 1.61. The highest BCUT2D eigenvalue weighted by molar-refractivity contribution is 9.10. The van der Waals surface area contributed by atoms with Crippen molar-refractivity contribution in [3.05, 3.63) is 62.5 Å². The SMILES string of the molecule is Clc1cc(NC2CC(c3ccccc3Cl)C2)ccc1Br. The second-order valence-electron chi connectivity index (χ2n) is 5.16. The first-order valence-corrected chi connectivity index (χ1v) is 8.14. The van der Waals surface area contributed by atoms with Gasteiger partial charge in [0.1, 0.15) is 0 Å². The fraction of sp³-hybridized carbons (Fsp3) is 0.250. The molecule has 2 aromatic carbocycles. The van der Waals surface area contributed by atoms with Gasteiger partial charge in [0.15, 0.2) is 0 Å². The lowest BCUT2D eigenvalue weighted by atomic mass is 9.76. The standard InChI is InChI=1S/C16H14BrCl2N/c17-14-6-5-11(9-16(14)19)20-12-7-10(8-12)13-3-1-2-4-15(13)18/h1-6,9-10,12,20H,7-8H2. The van der Waals surface area contributed by atoms with E-state index in [0.29, 0.717) is 12.0 Å². The van der Waals surface area contributed by atoms with E-state index in [1.165, 1.54) is 5.56 Å². The van der Waals surface area contributed by atoms with Crippen LogP contribution in [0.3, 0.4) is 0 Å². The van der Waals surface area contributed by atoms with Gasteiger partial charge in [-0.3, -0.25) is 0 Å². The van der Waals surface area contributed by atoms with Crippen molar-refractivity contribution in [2.24, 2.45) is 0 Å². The fourth-order valence-corrected chi connectivity index (χ4v) is 3.33. The predicted molar refractivity (Wildman–Crippen MR) is 90.0 cm³/mol. The number of halogens is 3. The summed E-state index contributed by atoms with van der Waals surface area (Å²) in [5.41, 5.74) is 2.34. The molecule has 1 fully saturated rings. The Labute approximate surface area is 137 Å². The van der Waals surface area contributed by atoms with E-state index in [0.717, 1.165) is 33.0 Å². The lowest BCUT2D eigenvalue weighted by Gasteiger charge is -2.37. The van der Waals surface area contributed by atoms with Gasteiger partial charge in [-0.2, -0.15) is 0 Å². The molecule has 0 radical (unpaired) electrons. The first-order valence-electron chi connectivity index (χ1n) is 6.59. The first kappa shape index (κ1) is 14.2. The highest BCUT2D eigenvalue weighted by Gasteiger charge is 2.31. The van der Waals surface area contributed by atoms with Gasteiger partial charge in [-0.15, -0.1) is 0 Å². The summed E-state index contributed by atoms with van der Waals surface area (Å²) < 4.78 is 0.923. The van der Waals surface area contributed by atoms with E-state index < -0.39 is 0 Å². The van der Waals surface area contributed by atoms with Crippen molar-refractivity contribution in [3.8, 4) is 0 Å². The molecule has 2 aromatic rings. The van der Waals surface area contributed by atoms with E-state index in [4.69, 9.17) is 23.2 Å². The molecule has 0 aromatic heterocycles. The molecule has 104 valence electrons. The summed E-state index contributed by atoms with van der Waals surface area (Å²) >= 11 is 15.7. The third-order valence-corrected chi connectivity index (χ3v) is 5.35. The van der Waals surface area contributed by atoms with E-state index in [1.807, 2.05) is 30.3 Å². The molecule has 1 aliphatic carbocycles. The molecule has 0 spiro atoms. The predicted octanol–water partition coefficient (Wildman–Crippen LogP) is 6.11. The van der Waals surface area contributed by atoms with Crippen molar-refractivity contribution in [2.75, 3.05) is 5.32 Å². The summed E-state index contributed by atoms with van der Waals surface area (Å²) in [6.07, 6.45) is 2.22. The highest BCUT2D eigenvalue weighted by Crippen LogP contribution is 2.41. The molecular weight excluding hydrogens is 357 g/mol. The second kappa shape index (κ2) is 5.97. The third kappa shape index (κ3) is 2.98. The van der Waals surface area contributed by atoms with Gasteiger partial charge >= 0.3 is 0 Å². The lowest BCUT2D eigenvalue weighted by Crippen LogP contribution is -2.34. The molecule has 0 unspecified atom stereocenters. The zero-order valence-electron chi connectivity index (χ0n) is 10.7. The number of hydrogen-bond acceptors (Lipinski definition) is 1. The van der Waals surface area contributed by atoms with Gasteiger partial charge in [-0.05, 0) is 64.5 Å². The minimum atomic E-state index is 0.494. The summed E-state index contributed by atoms with van der Waals surface area (Å²) in [5, 5.41) is 5.13. The molecule has 0 atom stereocenters. The van der Waals surface area contributed by atoms with Gasteiger partial charge in [0, 0.05) is 21.2 Å². The summed E-state index contributed by atoms with van der Waals surface area (Å²) in [5.74, 6) is 0.562. The van der Waals surface area contributed by atoms with Crippen LogP contribution in [0.5, 0.6) is 0 Å². The maximum atomic E-state index is 6.23. The summed E-state index contributed by atoms with van der Waals surface area (Å²) in [6, 6.07) is 14.6. The van der Waals surface area contributed by atoms with Crippen molar-refractivity contribution < 1.29 is 0 Å². The maximum absolute atomic E-state index is 6.23. The normalized spacial score (nSPS) is 21.4. The topological polar surface area (TPSA) is 12.0 Å². The largest absolute Gasteiger partial charge is 0.382 e. The van der Waals surface area contributed by atoms with Crippen molar-refractivity contribution >= 4 is 44.8 Å². The molecule has 0 aliphatic heterocycles. The molecule has 1 saturated carbocycles. The van der Waals surface area contributed by atoms with Crippen molar-refractivity contribution in [1.82, 2.24) is 0 Å². The fourth-order valence-electron chi connectivity index (χ4n) is 2.62. The minimum absolute atomic E-state index is 0.494. The van der Waals surface area contributed by atoms with Crippen LogP contribution in [0.1, 0.15) is 24.3 Å². The van der Waals surface area contributed by atoms with Crippen LogP contribution in [0.4, 0.5) is 5.69 Å². The van der Waals surface area contributed by atoms with Crippen LogP contribution in [0.2, 0.25) is 10.0 Å². The molecule has 0 amide bonds. The first-order chi connectivity index (χ1) is 9.63. The third-order valence-electron chi connectivity index (χ3n) is 3.77. The van der Waals surface area contributed by atoms with Gasteiger partial charge in [-0.1, -0.05) is 41.4 Å². The number of anilines is 1. The van der Waals surface area contributed by atoms with Crippen molar-refractivity contribution in [2.45, 2.75) is 24.8 Å². The lowest BCUT2D eigenvalue weighted by molar-refractivity contribution is 0.374. The molecule has 20 heavy (non-hydrogen) atoms. The van der Waals surface area contributed by atoms with Crippen LogP contribution in [-0.2, 0) is 0 Å². The minimum Gasteiger partial charge on any atom is -0.382 e. The van der Waals surface area contributed by atoms with Crippen molar-refractivity contribution in [1.29, 1.82) is 0 Å². The Morgan fingerprint density at radius 2 is 1.75 bits per heavy atom. The highest BCUT2D eigenvalue weighted by atomic mass is 79.9. The molecule has 4 heteroatoms. The Morgan fingerprint density at radius 1 is 1.00 bits per heavy atom. The average Bonchev–Trinajstić information content (AvgIpc) is 2.39. The second-order valence-corrected chi connectivity index (χ2v) is 6.83. The molecule has 0 bridgehead atoms. The number of benzene rings is 2. The number of rotatable bonds is 3. The van der Waals surface area contributed by atoms with Crippen LogP contribution in [-0.4, -0.2) is 6.04 Å². The van der Waals surface area contributed by atoms with Gasteiger partial charge in [0.25, 0.3) is 0 Å². The molecule has 0 saturated heterocycles. The molecule has 1 nitrogen and oxygen atoms in total. The van der Waals surface area contributed by atoms with Crippen LogP contribution < -0.4 is 5.32 Å². The van der Waals surface area contributed by atoms with Crippen LogP contribution in [0, 0.1) is 0 Å². The van der Waals surface area contributed by atoms with Crippen LogP contribution in [0.25, 0.3) is 0 Å². The van der Waals surface area contributed by atoms with E-state index >= 15 is 0 Å². The Morgan fingerprint density at radius 3 is 2.45 bits per heavy atom. The quantitative estimate of drug-likeness (QED) is 0.686. The maximum Gasteiger partial charge on any atom is 0.0568 e. The summed E-state index contributed by atoms with van der Waals surface area (Å²) in [4.78, 5) is 0. The molecule has 1 N–H and O–H groups in total. The van der Waals surface area contributed by atoms with E-state index in [2.05, 4.69) is 33.4 Å². The number of hydrogen-bond donors (Lipinski definition) is 1. The van der Waals surface area contributed by atoms with Crippen molar-refractivity contribution in [3.63, 3.8) is 0 Å². The Kier molecular flexibility index (Phi) is 4.25. The zero-order valence-corrected chi connectivity index (χ0v) is 13.8. The van der Waals surface area contributed by atoms with Gasteiger partial charge in [-0.25, -0.2) is 0 Å². The van der Waals surface area contributed by atoms with Crippen LogP contribution in [0.15, 0.2) is 46.9 Å². The van der Waals surface area contributed by atoms with E-state index in [9.17, 15) is 0 Å². The molecular formula is C16H14BrCl2N. The number of nitrogens with one attached hydrogen (secondary N) is 1. The molecule has 0 heterocycles. The van der Waals surface area contributed by atoms with E-state index in [1.54, 1.807) is 0 Å². The van der Waals surface area contributed by atoms with Gasteiger partial charge < -0.3 is 5.32 Å². The van der Waals surface area contributed by atoms with Crippen LogP contribution >= 0.6 is 39.1 Å². The molecule has 3 rings (SSSR count). The Hall–Kier alpha value is -0.700. The smallest absolute Gasteiger partial charge is 0.0568 e. The van der Waals surface area contributed by atoms with E-state index in [-0.39, 0.29) is 0 Å². The van der Waals surface area contributed by atoms with Gasteiger partial charge in [0.2, 0.25) is 0 Å². The van der Waals surface area contributed by atoms with Gasteiger partial charge in [0.05, 0.1) is 5.02 Å². The summed E-state index contributed by atoms with van der Waals surface area (Å²) in [6.45, 7) is 0. The zero-order chi connectivity index (χ0) is 14.1.